The normalized spacial score (nSPS) is 13.6. The maximum atomic E-state index is 11.9. The number of thiophene rings is 1. The number of thiocarbonyl (C=S) groups is 1. The average Bonchev–Trinajstić information content (AvgIpc) is 3.07. The molecule has 0 unspecified atom stereocenters. The molecule has 3 rings (SSSR count). The highest BCUT2D eigenvalue weighted by molar-refractivity contribution is 7.80. The van der Waals surface area contributed by atoms with Crippen molar-refractivity contribution in [2.45, 2.75) is 25.7 Å². The number of nitrogens with zero attached hydrogens (tertiary/aromatic N) is 1. The molecule has 0 bridgehead atoms. The monoisotopic (exact) mass is 323 g/mol. The first-order chi connectivity index (χ1) is 9.72. The zero-order chi connectivity index (χ0) is 13.9. The van der Waals surface area contributed by atoms with E-state index in [1.807, 2.05) is 11.4 Å². The van der Waals surface area contributed by atoms with Gasteiger partial charge in [0, 0.05) is 4.88 Å². The van der Waals surface area contributed by atoms with Crippen molar-refractivity contribution in [3.05, 3.63) is 33.0 Å². The van der Waals surface area contributed by atoms with Crippen molar-refractivity contribution in [3.8, 4) is 0 Å². The Morgan fingerprint density at radius 1 is 1.35 bits per heavy atom. The molecule has 1 aliphatic carbocycles. The van der Waals surface area contributed by atoms with Gasteiger partial charge in [-0.2, -0.15) is 0 Å². The third-order valence-electron chi connectivity index (χ3n) is 3.04. The largest absolute Gasteiger partial charge is 0.308 e. The Bertz CT molecular complexity index is 610. The number of hydrogen-bond donors (Lipinski definition) is 2. The molecule has 0 fully saturated rings. The van der Waals surface area contributed by atoms with Crippen molar-refractivity contribution in [3.63, 3.8) is 0 Å². The van der Waals surface area contributed by atoms with Crippen molar-refractivity contribution in [1.82, 2.24) is 10.3 Å². The zero-order valence-electron chi connectivity index (χ0n) is 10.6. The predicted octanol–water partition coefficient (Wildman–Crippen LogP) is 3.21. The molecule has 0 aliphatic heterocycles. The topological polar surface area (TPSA) is 54.0 Å². The molecule has 0 saturated carbocycles. The van der Waals surface area contributed by atoms with Gasteiger partial charge in [0.15, 0.2) is 10.2 Å². The molecule has 7 heteroatoms. The van der Waals surface area contributed by atoms with E-state index < -0.39 is 0 Å². The Morgan fingerprint density at radius 2 is 2.20 bits per heavy atom. The van der Waals surface area contributed by atoms with Gasteiger partial charge in [-0.15, -0.1) is 22.7 Å². The first-order valence-electron chi connectivity index (χ1n) is 6.37. The summed E-state index contributed by atoms with van der Waals surface area (Å²) < 4.78 is 0. The van der Waals surface area contributed by atoms with Crippen LogP contribution in [0.3, 0.4) is 0 Å². The third kappa shape index (κ3) is 3.05. The van der Waals surface area contributed by atoms with Crippen molar-refractivity contribution < 1.29 is 4.79 Å². The second-order valence-electron chi connectivity index (χ2n) is 4.48. The molecular weight excluding hydrogens is 310 g/mol. The summed E-state index contributed by atoms with van der Waals surface area (Å²) in [4.78, 5) is 18.4. The van der Waals surface area contributed by atoms with Crippen LogP contribution in [0.1, 0.15) is 33.1 Å². The number of rotatable bonds is 2. The summed E-state index contributed by atoms with van der Waals surface area (Å²) >= 11 is 8.17. The number of amides is 1. The second-order valence-corrected chi connectivity index (χ2v) is 6.92. The zero-order valence-corrected chi connectivity index (χ0v) is 13.1. The Morgan fingerprint density at radius 3 is 2.95 bits per heavy atom. The smallest absolute Gasteiger partial charge is 0.267 e. The highest BCUT2D eigenvalue weighted by Gasteiger charge is 2.16. The number of anilines is 1. The summed E-state index contributed by atoms with van der Waals surface area (Å²) in [7, 11) is 0. The predicted molar refractivity (Wildman–Crippen MR) is 86.8 cm³/mol. The van der Waals surface area contributed by atoms with Crippen LogP contribution in [-0.2, 0) is 12.8 Å². The van der Waals surface area contributed by atoms with Gasteiger partial charge in [0.1, 0.15) is 0 Å². The van der Waals surface area contributed by atoms with Crippen LogP contribution in [0, 0.1) is 0 Å². The fourth-order valence-electron chi connectivity index (χ4n) is 2.11. The van der Waals surface area contributed by atoms with Gasteiger partial charge in [0.05, 0.1) is 10.6 Å². The molecule has 2 N–H and O–H groups in total. The molecule has 20 heavy (non-hydrogen) atoms. The molecule has 1 amide bonds. The Hall–Kier alpha value is -1.31. The molecule has 0 aromatic carbocycles. The molecule has 0 radical (unpaired) electrons. The number of fused-ring (bicyclic) bond motifs is 1. The highest BCUT2D eigenvalue weighted by Crippen LogP contribution is 2.29. The molecule has 0 saturated heterocycles. The summed E-state index contributed by atoms with van der Waals surface area (Å²) in [6.45, 7) is 0. The lowest BCUT2D eigenvalue weighted by molar-refractivity contribution is 0.0981. The van der Waals surface area contributed by atoms with Crippen LogP contribution in [0.25, 0.3) is 0 Å². The van der Waals surface area contributed by atoms with Crippen LogP contribution in [0.2, 0.25) is 0 Å². The van der Waals surface area contributed by atoms with Crippen molar-refractivity contribution in [2.24, 2.45) is 0 Å². The quantitative estimate of drug-likeness (QED) is 0.833. The van der Waals surface area contributed by atoms with Crippen molar-refractivity contribution >= 4 is 51.0 Å². The minimum Gasteiger partial charge on any atom is -0.308 e. The number of hydrogen-bond acceptors (Lipinski definition) is 5. The minimum atomic E-state index is -0.182. The fourth-order valence-corrected chi connectivity index (χ4v) is 4.03. The first kappa shape index (κ1) is 13.7. The average molecular weight is 323 g/mol. The van der Waals surface area contributed by atoms with Gasteiger partial charge < -0.3 is 5.32 Å². The summed E-state index contributed by atoms with van der Waals surface area (Å²) in [5, 5.41) is 8.61. The number of aryl methyl sites for hydroxylation is 2. The maximum Gasteiger partial charge on any atom is 0.267 e. The molecule has 104 valence electrons. The van der Waals surface area contributed by atoms with Crippen molar-refractivity contribution in [1.29, 1.82) is 0 Å². The summed E-state index contributed by atoms with van der Waals surface area (Å²) in [6, 6.07) is 3.61. The van der Waals surface area contributed by atoms with Gasteiger partial charge in [0.2, 0.25) is 0 Å². The number of carbonyl (C=O) groups excluding carboxylic acids is 1. The van der Waals surface area contributed by atoms with Crippen LogP contribution in [0.5, 0.6) is 0 Å². The summed E-state index contributed by atoms with van der Waals surface area (Å²) in [6.07, 6.45) is 4.58. The molecule has 0 atom stereocenters. The van der Waals surface area contributed by atoms with E-state index >= 15 is 0 Å². The summed E-state index contributed by atoms with van der Waals surface area (Å²) in [5.41, 5.74) is 1.18. The standard InChI is InChI=1S/C13H13N3OS3/c17-11(10-6-3-7-19-10)15-12(18)16-13-14-8-4-1-2-5-9(8)20-13/h3,6-7H,1-2,4-5H2,(H2,14,15,16,17,18). The molecule has 2 aromatic rings. The Kier molecular flexibility index (Phi) is 4.09. The van der Waals surface area contributed by atoms with E-state index in [1.165, 1.54) is 34.7 Å². The van der Waals surface area contributed by atoms with E-state index in [0.717, 1.165) is 18.0 Å². The molecule has 0 spiro atoms. The molecule has 4 nitrogen and oxygen atoms in total. The van der Waals surface area contributed by atoms with Gasteiger partial charge >= 0.3 is 0 Å². The first-order valence-corrected chi connectivity index (χ1v) is 8.47. The van der Waals surface area contributed by atoms with Crippen LogP contribution < -0.4 is 10.6 Å². The lowest BCUT2D eigenvalue weighted by atomic mass is 10.0. The van der Waals surface area contributed by atoms with Gasteiger partial charge in [-0.25, -0.2) is 4.98 Å². The number of nitrogens with one attached hydrogen (secondary N) is 2. The van der Waals surface area contributed by atoms with Crippen LogP contribution in [0.15, 0.2) is 17.5 Å². The van der Waals surface area contributed by atoms with E-state index in [9.17, 15) is 4.79 Å². The molecule has 2 aromatic heterocycles. The summed E-state index contributed by atoms with van der Waals surface area (Å²) in [5.74, 6) is -0.182. The van der Waals surface area contributed by atoms with E-state index in [2.05, 4.69) is 15.6 Å². The van der Waals surface area contributed by atoms with E-state index in [0.29, 0.717) is 9.99 Å². The highest BCUT2D eigenvalue weighted by atomic mass is 32.1. The lowest BCUT2D eigenvalue weighted by Gasteiger charge is -2.06. The fraction of sp³-hybridized carbons (Fsp3) is 0.308. The lowest BCUT2D eigenvalue weighted by Crippen LogP contribution is -2.33. The SMILES string of the molecule is O=C(NC(=S)Nc1nc2c(s1)CCCC2)c1cccs1. The molecule has 2 heterocycles. The van der Waals surface area contributed by atoms with Gasteiger partial charge in [-0.3, -0.25) is 10.1 Å². The number of carbonyl (C=O) groups is 1. The second kappa shape index (κ2) is 5.99. The molecular formula is C13H13N3OS3. The van der Waals surface area contributed by atoms with E-state index in [4.69, 9.17) is 12.2 Å². The number of thiazole rings is 1. The minimum absolute atomic E-state index is 0.182. The Labute approximate surface area is 130 Å². The Balaban J connectivity index is 1.61. The van der Waals surface area contributed by atoms with Crippen molar-refractivity contribution in [2.75, 3.05) is 5.32 Å². The van der Waals surface area contributed by atoms with E-state index in [1.54, 1.807) is 17.4 Å². The van der Waals surface area contributed by atoms with Gasteiger partial charge in [-0.1, -0.05) is 6.07 Å². The third-order valence-corrected chi connectivity index (χ3v) is 5.18. The van der Waals surface area contributed by atoms with E-state index in [-0.39, 0.29) is 5.91 Å². The van der Waals surface area contributed by atoms with Crippen LogP contribution in [0.4, 0.5) is 5.13 Å². The van der Waals surface area contributed by atoms with Gasteiger partial charge in [0.25, 0.3) is 5.91 Å². The maximum absolute atomic E-state index is 11.9. The molecule has 1 aliphatic rings. The van der Waals surface area contributed by atoms with Crippen LogP contribution in [-0.4, -0.2) is 16.0 Å². The van der Waals surface area contributed by atoms with Gasteiger partial charge in [-0.05, 0) is 49.3 Å². The van der Waals surface area contributed by atoms with Crippen LogP contribution >= 0.6 is 34.9 Å². The number of aromatic nitrogens is 1.